The Bertz CT molecular complexity index is 949. The number of benzene rings is 2. The van der Waals surface area contributed by atoms with Crippen molar-refractivity contribution in [2.75, 3.05) is 0 Å². The highest BCUT2D eigenvalue weighted by Gasteiger charge is 2.05. The molecule has 0 amide bonds. The normalized spacial score (nSPS) is 10.9. The highest BCUT2D eigenvalue weighted by molar-refractivity contribution is 5.64. The largest absolute Gasteiger partial charge is 0.329 e. The third kappa shape index (κ3) is 3.24. The van der Waals surface area contributed by atoms with Crippen molar-refractivity contribution in [2.24, 2.45) is 0 Å². The zero-order valence-corrected chi connectivity index (χ0v) is 14.2. The summed E-state index contributed by atoms with van der Waals surface area (Å²) < 4.78 is 4.21. The monoisotopic (exact) mass is 328 g/mol. The molecule has 4 aromatic rings. The molecular formula is C21H20N4. The fraction of sp³-hybridized carbons (Fsp3) is 0.143. The van der Waals surface area contributed by atoms with Crippen LogP contribution >= 0.6 is 0 Å². The minimum Gasteiger partial charge on any atom is -0.329 e. The maximum absolute atomic E-state index is 4.54. The van der Waals surface area contributed by atoms with Crippen molar-refractivity contribution in [3.8, 4) is 16.8 Å². The molecule has 2 aromatic carbocycles. The van der Waals surface area contributed by atoms with E-state index in [4.69, 9.17) is 0 Å². The summed E-state index contributed by atoms with van der Waals surface area (Å²) in [5.74, 6) is 1.08. The van der Waals surface area contributed by atoms with Crippen LogP contribution in [0.5, 0.6) is 0 Å². The highest BCUT2D eigenvalue weighted by atomic mass is 15.1. The number of nitrogens with zero attached hydrogens (tertiary/aromatic N) is 4. The van der Waals surface area contributed by atoms with Gasteiger partial charge in [-0.05, 0) is 23.3 Å². The smallest absolute Gasteiger partial charge is 0.108 e. The SMILES string of the molecule is CCc1nccn1Cc1cn(-c2ccc(-c3ccccc3)cc2)cn1. The summed E-state index contributed by atoms with van der Waals surface area (Å²) in [7, 11) is 0. The van der Waals surface area contributed by atoms with Gasteiger partial charge < -0.3 is 9.13 Å². The van der Waals surface area contributed by atoms with Crippen LogP contribution in [-0.2, 0) is 13.0 Å². The topological polar surface area (TPSA) is 35.6 Å². The summed E-state index contributed by atoms with van der Waals surface area (Å²) in [6, 6.07) is 19.0. The van der Waals surface area contributed by atoms with Crippen LogP contribution in [0.3, 0.4) is 0 Å². The zero-order chi connectivity index (χ0) is 17.1. The third-order valence-electron chi connectivity index (χ3n) is 4.36. The van der Waals surface area contributed by atoms with E-state index < -0.39 is 0 Å². The molecule has 0 bridgehead atoms. The van der Waals surface area contributed by atoms with E-state index in [2.05, 4.69) is 80.8 Å². The molecule has 4 heteroatoms. The minimum atomic E-state index is 0.748. The lowest BCUT2D eigenvalue weighted by Gasteiger charge is -2.05. The van der Waals surface area contributed by atoms with Gasteiger partial charge in [0.1, 0.15) is 5.82 Å². The van der Waals surface area contributed by atoms with Crippen molar-refractivity contribution in [2.45, 2.75) is 19.9 Å². The van der Waals surface area contributed by atoms with Gasteiger partial charge in [0, 0.05) is 30.7 Å². The predicted molar refractivity (Wildman–Crippen MR) is 99.7 cm³/mol. The van der Waals surface area contributed by atoms with Crippen molar-refractivity contribution >= 4 is 0 Å². The van der Waals surface area contributed by atoms with Gasteiger partial charge in [0.2, 0.25) is 0 Å². The molecule has 2 aromatic heterocycles. The molecule has 0 N–H and O–H groups in total. The Hall–Kier alpha value is -3.14. The second kappa shape index (κ2) is 6.77. The van der Waals surface area contributed by atoms with E-state index in [0.717, 1.165) is 30.2 Å². The van der Waals surface area contributed by atoms with Crippen LogP contribution in [0.15, 0.2) is 79.5 Å². The summed E-state index contributed by atoms with van der Waals surface area (Å²) in [5.41, 5.74) is 4.59. The van der Waals surface area contributed by atoms with Crippen molar-refractivity contribution < 1.29 is 0 Å². The molecule has 4 rings (SSSR count). The first-order chi connectivity index (χ1) is 12.3. The molecule has 0 radical (unpaired) electrons. The molecule has 0 fully saturated rings. The highest BCUT2D eigenvalue weighted by Crippen LogP contribution is 2.21. The summed E-state index contributed by atoms with van der Waals surface area (Å²) in [6.07, 6.45) is 8.73. The number of aryl methyl sites for hydroxylation is 1. The van der Waals surface area contributed by atoms with Crippen molar-refractivity contribution in [1.29, 1.82) is 0 Å². The molecule has 25 heavy (non-hydrogen) atoms. The molecule has 0 aliphatic carbocycles. The Morgan fingerprint density at radius 1 is 0.880 bits per heavy atom. The van der Waals surface area contributed by atoms with Gasteiger partial charge in [-0.15, -0.1) is 0 Å². The van der Waals surface area contributed by atoms with Crippen LogP contribution in [0.25, 0.3) is 16.8 Å². The van der Waals surface area contributed by atoms with Crippen LogP contribution in [0.4, 0.5) is 0 Å². The second-order valence-corrected chi connectivity index (χ2v) is 6.01. The van der Waals surface area contributed by atoms with Gasteiger partial charge in [-0.25, -0.2) is 9.97 Å². The number of imidazole rings is 2. The summed E-state index contributed by atoms with van der Waals surface area (Å²) >= 11 is 0. The van der Waals surface area contributed by atoms with Gasteiger partial charge >= 0.3 is 0 Å². The number of hydrogen-bond acceptors (Lipinski definition) is 2. The van der Waals surface area contributed by atoms with E-state index in [-0.39, 0.29) is 0 Å². The van der Waals surface area contributed by atoms with Crippen LogP contribution in [0, 0.1) is 0 Å². The maximum Gasteiger partial charge on any atom is 0.108 e. The fourth-order valence-corrected chi connectivity index (χ4v) is 3.02. The van der Waals surface area contributed by atoms with Gasteiger partial charge in [-0.1, -0.05) is 49.4 Å². The molecule has 4 nitrogen and oxygen atoms in total. The standard InChI is InChI=1S/C21H20N4/c1-2-21-22-12-13-24(21)14-19-15-25(16-23-19)20-10-8-18(9-11-20)17-6-4-3-5-7-17/h3-13,15-16H,2,14H2,1H3. The van der Waals surface area contributed by atoms with Gasteiger partial charge in [-0.3, -0.25) is 0 Å². The van der Waals surface area contributed by atoms with Crippen LogP contribution in [-0.4, -0.2) is 19.1 Å². The van der Waals surface area contributed by atoms with Gasteiger partial charge in [-0.2, -0.15) is 0 Å². The quantitative estimate of drug-likeness (QED) is 0.546. The van der Waals surface area contributed by atoms with E-state index in [1.54, 1.807) is 0 Å². The lowest BCUT2D eigenvalue weighted by Crippen LogP contribution is -2.03. The van der Waals surface area contributed by atoms with Crippen LogP contribution in [0.1, 0.15) is 18.4 Å². The molecule has 124 valence electrons. The van der Waals surface area contributed by atoms with Gasteiger partial charge in [0.15, 0.2) is 0 Å². The fourth-order valence-electron chi connectivity index (χ4n) is 3.02. The molecule has 0 saturated heterocycles. The molecule has 0 spiro atoms. The minimum absolute atomic E-state index is 0.748. The Kier molecular flexibility index (Phi) is 4.17. The van der Waals surface area contributed by atoms with E-state index in [0.29, 0.717) is 0 Å². The van der Waals surface area contributed by atoms with E-state index >= 15 is 0 Å². The van der Waals surface area contributed by atoms with Crippen molar-refractivity contribution in [1.82, 2.24) is 19.1 Å². The lowest BCUT2D eigenvalue weighted by atomic mass is 10.1. The van der Waals surface area contributed by atoms with Gasteiger partial charge in [0.05, 0.1) is 18.6 Å². The number of aromatic nitrogens is 4. The molecular weight excluding hydrogens is 308 g/mol. The number of hydrogen-bond donors (Lipinski definition) is 0. The molecule has 2 heterocycles. The van der Waals surface area contributed by atoms with Crippen molar-refractivity contribution in [3.05, 3.63) is 91.0 Å². The van der Waals surface area contributed by atoms with E-state index in [9.17, 15) is 0 Å². The molecule has 0 unspecified atom stereocenters. The molecule has 0 aliphatic heterocycles. The average molecular weight is 328 g/mol. The molecule has 0 aliphatic rings. The Balaban J connectivity index is 1.54. The molecule has 0 saturated carbocycles. The lowest BCUT2D eigenvalue weighted by molar-refractivity contribution is 0.719. The Morgan fingerprint density at radius 2 is 1.64 bits per heavy atom. The maximum atomic E-state index is 4.54. The Labute approximate surface area is 147 Å². The first-order valence-corrected chi connectivity index (χ1v) is 8.52. The third-order valence-corrected chi connectivity index (χ3v) is 4.36. The van der Waals surface area contributed by atoms with E-state index in [1.165, 1.54) is 11.1 Å². The average Bonchev–Trinajstić information content (AvgIpc) is 3.32. The van der Waals surface area contributed by atoms with Crippen LogP contribution in [0.2, 0.25) is 0 Å². The Morgan fingerprint density at radius 3 is 2.40 bits per heavy atom. The summed E-state index contributed by atoms with van der Waals surface area (Å²) in [6.45, 7) is 2.87. The first kappa shape index (κ1) is 15.4. The summed E-state index contributed by atoms with van der Waals surface area (Å²) in [4.78, 5) is 8.90. The van der Waals surface area contributed by atoms with Crippen LogP contribution < -0.4 is 0 Å². The second-order valence-electron chi connectivity index (χ2n) is 6.01. The first-order valence-electron chi connectivity index (χ1n) is 8.52. The van der Waals surface area contributed by atoms with E-state index in [1.807, 2.05) is 24.8 Å². The zero-order valence-electron chi connectivity index (χ0n) is 14.2. The predicted octanol–water partition coefficient (Wildman–Crippen LogP) is 4.35. The summed E-state index contributed by atoms with van der Waals surface area (Å²) in [5, 5.41) is 0. The van der Waals surface area contributed by atoms with Crippen molar-refractivity contribution in [3.63, 3.8) is 0 Å². The number of rotatable bonds is 5. The molecule has 0 atom stereocenters. The van der Waals surface area contributed by atoms with Gasteiger partial charge in [0.25, 0.3) is 0 Å².